The molecule has 0 saturated heterocycles. The summed E-state index contributed by atoms with van der Waals surface area (Å²) in [5.41, 5.74) is 2.07. The van der Waals surface area contributed by atoms with Gasteiger partial charge in [-0.3, -0.25) is 0 Å². The number of hydrogen-bond acceptors (Lipinski definition) is 13. The first-order chi connectivity index (χ1) is 27.4. The van der Waals surface area contributed by atoms with Crippen molar-refractivity contribution in [3.05, 3.63) is 118 Å². The van der Waals surface area contributed by atoms with Crippen LogP contribution >= 0.6 is 0 Å². The van der Waals surface area contributed by atoms with Crippen molar-refractivity contribution >= 4 is 117 Å². The van der Waals surface area contributed by atoms with Gasteiger partial charge in [-0.25, -0.2) is 0 Å². The number of rotatable bonds is 5. The topological polar surface area (TPSA) is 284 Å². The zero-order chi connectivity index (χ0) is 40.6. The zero-order valence-corrected chi connectivity index (χ0v) is 33.5. The van der Waals surface area contributed by atoms with Crippen LogP contribution in [0.15, 0.2) is 124 Å². The van der Waals surface area contributed by atoms with Crippen LogP contribution in [0.25, 0.3) is 27.6 Å². The number of carboxylic acid groups (broad SMARTS) is 1. The number of aliphatic carboxylic acids is 1. The first-order valence-electron chi connectivity index (χ1n) is 16.5. The molecule has 0 spiro atoms. The van der Waals surface area contributed by atoms with Crippen LogP contribution in [0.5, 0.6) is 0 Å². The minimum absolute atomic E-state index is 0.00869. The van der Waals surface area contributed by atoms with E-state index in [4.69, 9.17) is 30.0 Å². The van der Waals surface area contributed by atoms with Crippen molar-refractivity contribution in [2.45, 2.75) is 14.7 Å². The molecule has 6 heterocycles. The van der Waals surface area contributed by atoms with Gasteiger partial charge in [-0.05, 0) is 0 Å². The second-order valence-corrected chi connectivity index (χ2v) is 20.1. The summed E-state index contributed by atoms with van der Waals surface area (Å²) in [4.78, 5) is 39.4. The molecule has 23 heteroatoms. The van der Waals surface area contributed by atoms with E-state index in [0.29, 0.717) is 32.8 Å². The van der Waals surface area contributed by atoms with Crippen LogP contribution < -0.4 is 11.0 Å². The molecule has 0 saturated carbocycles. The summed E-state index contributed by atoms with van der Waals surface area (Å²) >= 11 is -2.32. The van der Waals surface area contributed by atoms with Gasteiger partial charge in [-0.2, -0.15) is 0 Å². The molecule has 4 aliphatic rings. The number of carbonyl (C=O) groups is 1. The third-order valence-corrected chi connectivity index (χ3v) is 15.2. The number of aromatic nitrogens is 2. The molecule has 0 atom stereocenters. The van der Waals surface area contributed by atoms with Gasteiger partial charge in [-0.1, -0.05) is 0 Å². The molecular weight excluding hydrogens is 874 g/mol. The molecule has 4 aromatic carbocycles. The summed E-state index contributed by atoms with van der Waals surface area (Å²) in [5.74, 6) is -0.725. The predicted molar refractivity (Wildman–Crippen MR) is 207 cm³/mol. The Labute approximate surface area is 332 Å². The number of nitrogens with zero attached hydrogens (tertiary/aromatic N) is 8. The van der Waals surface area contributed by atoms with Crippen molar-refractivity contribution < 1.29 is 48.8 Å². The fourth-order valence-corrected chi connectivity index (χ4v) is 11.7. The Bertz CT molecular complexity index is 3660. The van der Waals surface area contributed by atoms with Crippen molar-refractivity contribution in [3.63, 3.8) is 0 Å². The summed E-state index contributed by atoms with van der Waals surface area (Å²) in [7, 11) is -14.1. The van der Waals surface area contributed by atoms with Crippen LogP contribution in [0.4, 0.5) is 11.6 Å². The molecule has 0 unspecified atom stereocenters. The van der Waals surface area contributed by atoms with E-state index in [9.17, 15) is 48.8 Å². The van der Waals surface area contributed by atoms with Crippen molar-refractivity contribution in [2.75, 3.05) is 0 Å². The van der Waals surface area contributed by atoms with Crippen LogP contribution in [-0.2, 0) is 35.1 Å². The van der Waals surface area contributed by atoms with E-state index in [1.165, 1.54) is 60.7 Å². The van der Waals surface area contributed by atoms with E-state index in [0.717, 1.165) is 6.08 Å². The summed E-state index contributed by atoms with van der Waals surface area (Å²) in [6.07, 6.45) is 2.35. The molecule has 19 nitrogen and oxygen atoms in total. The molecule has 6 bridgehead atoms. The van der Waals surface area contributed by atoms with E-state index in [1.807, 2.05) is 0 Å². The number of fused-ring (bicyclic) bond motifs is 14. The molecular formula is C35H18GaN8O11S3. The van der Waals surface area contributed by atoms with Gasteiger partial charge >= 0.3 is 334 Å². The number of amidine groups is 4. The van der Waals surface area contributed by atoms with Crippen LogP contribution in [0.1, 0.15) is 27.8 Å². The second-order valence-electron chi connectivity index (χ2n) is 13.1. The quantitative estimate of drug-likeness (QED) is 0.111. The van der Waals surface area contributed by atoms with Crippen molar-refractivity contribution in [1.82, 2.24) is 6.55 Å². The fourth-order valence-electron chi connectivity index (χ4n) is 7.10. The zero-order valence-electron chi connectivity index (χ0n) is 28.6. The number of benzene rings is 4. The molecule has 4 N–H and O–H groups in total. The van der Waals surface area contributed by atoms with Crippen LogP contribution in [0, 0.1) is 0 Å². The Hall–Kier alpha value is -6.18. The summed E-state index contributed by atoms with van der Waals surface area (Å²) in [6.45, 7) is 0. The van der Waals surface area contributed by atoms with E-state index in [2.05, 4.69) is 0 Å². The molecule has 285 valence electrons. The first kappa shape index (κ1) is 36.2. The standard InChI is InChI=1S/C35H19N8O11S3.Ga/c44-27(45)10-2-15-1-6-19-23(11-15)32-36-28(19)38-33-25-13-17(56(49,50)51)4-8-21(25)30(40-33)42-35-26-14-18(57(52,53)54)5-9-22(26)31(43-35)41-34-24-12-16(55(46,47)48)3-7-20(24)29(37-32)39-34;/h1-14H,(H5-,36,37,38,39,40,41,42,43,44,45,46,47,48,49,50,51,52,53,54);/q-1;+2/p-1/b10-2+;. The predicted octanol–water partition coefficient (Wildman–Crippen LogP) is 2.31. The average molecular weight is 892 g/mol. The average Bonchev–Trinajstić information content (AvgIpc) is 3.85. The monoisotopic (exact) mass is 891 g/mol. The number of carboxylic acids is 1. The van der Waals surface area contributed by atoms with Crippen LogP contribution in [0.3, 0.4) is 0 Å². The number of hydrogen-bond donors (Lipinski definition) is 4. The maximum atomic E-state index is 12.5. The normalized spacial score (nSPS) is 15.4. The molecule has 10 rings (SSSR count). The molecule has 0 aliphatic carbocycles. The van der Waals surface area contributed by atoms with Gasteiger partial charge in [0.1, 0.15) is 0 Å². The Balaban J connectivity index is 1.42. The molecule has 58 heavy (non-hydrogen) atoms. The molecule has 0 fully saturated rings. The van der Waals surface area contributed by atoms with E-state index < -0.39 is 68.9 Å². The Morgan fingerprint density at radius 1 is 0.517 bits per heavy atom. The summed E-state index contributed by atoms with van der Waals surface area (Å²) in [6, 6.07) is 16.4. The first-order valence-corrected chi connectivity index (χ1v) is 23.0. The van der Waals surface area contributed by atoms with Gasteiger partial charge in [0.2, 0.25) is 0 Å². The molecule has 0 amide bonds. The van der Waals surface area contributed by atoms with Crippen LogP contribution in [0.2, 0.25) is 0 Å². The molecule has 6 aromatic rings. The second kappa shape index (κ2) is 12.2. The van der Waals surface area contributed by atoms with Gasteiger partial charge in [0.25, 0.3) is 0 Å². The maximum absolute atomic E-state index is 12.5. The Kier molecular flexibility index (Phi) is 7.59. The van der Waals surface area contributed by atoms with Crippen molar-refractivity contribution in [1.29, 1.82) is 0 Å². The summed E-state index contributed by atoms with van der Waals surface area (Å²) < 4.78 is 108. The van der Waals surface area contributed by atoms with Crippen molar-refractivity contribution in [3.8, 4) is 0 Å². The third-order valence-electron chi connectivity index (χ3n) is 9.67. The van der Waals surface area contributed by atoms with Gasteiger partial charge < -0.3 is 0 Å². The number of aliphatic imine (C=N–C) groups is 4. The minimum atomic E-state index is -4.75. The van der Waals surface area contributed by atoms with E-state index in [1.54, 1.807) is 24.7 Å². The molecule has 1 radical (unpaired) electrons. The van der Waals surface area contributed by atoms with Gasteiger partial charge in [-0.15, -0.1) is 0 Å². The summed E-state index contributed by atoms with van der Waals surface area (Å²) in [5, 5.41) is 10.9. The molecule has 2 aromatic heterocycles. The van der Waals surface area contributed by atoms with Crippen molar-refractivity contribution in [2.24, 2.45) is 30.0 Å². The van der Waals surface area contributed by atoms with Gasteiger partial charge in [0, 0.05) is 0 Å². The van der Waals surface area contributed by atoms with E-state index >= 15 is 0 Å². The Morgan fingerprint density at radius 2 is 1.00 bits per heavy atom. The third kappa shape index (κ3) is 5.66. The Morgan fingerprint density at radius 3 is 1.59 bits per heavy atom. The van der Waals surface area contributed by atoms with Gasteiger partial charge in [0.05, 0.1) is 0 Å². The van der Waals surface area contributed by atoms with Gasteiger partial charge in [0.15, 0.2) is 0 Å². The SMILES string of the molecule is O=C(O)/C=C/c1ccc2c3[n]4c(c2c1)=NC1=NC(=Nc2c5ccc(S(=O)(=O)O)cc5c([n]2[Ga]4)N=C2N=C(N=3)c3cc(S(=O)(=O)O)ccc32)c2cc(S(=O)(=O)O)ccc21. The molecule has 4 aliphatic heterocycles. The van der Waals surface area contributed by atoms with Crippen LogP contribution in [-0.4, -0.2) is 97.8 Å². The fraction of sp³-hybridized carbons (Fsp3) is 0. The van der Waals surface area contributed by atoms with E-state index in [-0.39, 0.29) is 62.5 Å².